The number of hydrogen-bond acceptors (Lipinski definition) is 4. The first-order valence-electron chi connectivity index (χ1n) is 32.6. The van der Waals surface area contributed by atoms with E-state index in [0.29, 0.717) is 0 Å². The lowest BCUT2D eigenvalue weighted by Crippen LogP contribution is -1.89. The van der Waals surface area contributed by atoms with Gasteiger partial charge in [0, 0.05) is 65.6 Å². The summed E-state index contributed by atoms with van der Waals surface area (Å²) in [6, 6.07) is 116. The lowest BCUT2D eigenvalue weighted by Gasteiger charge is -2.13. The highest BCUT2D eigenvalue weighted by molar-refractivity contribution is 6.27. The van der Waals surface area contributed by atoms with Gasteiger partial charge in [0.2, 0.25) is 0 Å². The highest BCUT2D eigenvalue weighted by atomic mass is 14.7. The van der Waals surface area contributed by atoms with E-state index in [2.05, 4.69) is 311 Å². The molecule has 0 atom stereocenters. The number of fused-ring (bicyclic) bond motifs is 12. The second-order valence-corrected chi connectivity index (χ2v) is 24.6. The second kappa shape index (κ2) is 25.0. The normalized spacial score (nSPS) is 11.3. The number of pyridine rings is 4. The molecule has 0 spiro atoms. The maximum absolute atomic E-state index is 4.66. The van der Waals surface area contributed by atoms with Crippen molar-refractivity contribution in [2.24, 2.45) is 0 Å². The third-order valence-electron chi connectivity index (χ3n) is 18.8. The Kier molecular flexibility index (Phi) is 14.9. The maximum atomic E-state index is 4.66. The van der Waals surface area contributed by atoms with Crippen LogP contribution in [-0.2, 0) is 0 Å². The quantitative estimate of drug-likeness (QED) is 0.128. The van der Waals surface area contributed by atoms with E-state index in [9.17, 15) is 0 Å². The van der Waals surface area contributed by atoms with Crippen LogP contribution in [0.5, 0.6) is 0 Å². The summed E-state index contributed by atoms with van der Waals surface area (Å²) in [5, 5.41) is 15.5. The summed E-state index contributed by atoms with van der Waals surface area (Å²) in [5.41, 5.74) is 22.8. The topological polar surface area (TPSA) is 51.6 Å². The van der Waals surface area contributed by atoms with E-state index in [-0.39, 0.29) is 0 Å². The molecule has 448 valence electrons. The summed E-state index contributed by atoms with van der Waals surface area (Å²) >= 11 is 0. The third kappa shape index (κ3) is 11.1. The Morgan fingerprint density at radius 2 is 0.375 bits per heavy atom. The van der Waals surface area contributed by atoms with Crippen LogP contribution in [-0.4, -0.2) is 19.9 Å². The molecule has 0 saturated carbocycles. The molecule has 0 amide bonds. The fraction of sp³-hybridized carbons (Fsp3) is 0. The maximum Gasteiger partial charge on any atom is 0.0702 e. The predicted molar refractivity (Wildman–Crippen MR) is 403 cm³/mol. The van der Waals surface area contributed by atoms with Crippen LogP contribution < -0.4 is 0 Å². The molecular formula is C92H60N4. The van der Waals surface area contributed by atoms with Crippen molar-refractivity contribution < 1.29 is 0 Å². The van der Waals surface area contributed by atoms with Crippen molar-refractivity contribution in [1.29, 1.82) is 0 Å². The average Bonchev–Trinajstić information content (AvgIpc) is 0.760. The van der Waals surface area contributed by atoms with Crippen molar-refractivity contribution in [2.75, 3.05) is 0 Å². The first-order valence-corrected chi connectivity index (χ1v) is 32.6. The van der Waals surface area contributed by atoms with Crippen LogP contribution in [0.3, 0.4) is 0 Å². The standard InChI is InChI=1S/2C46H30N2/c1-2-17-43-41(15-1)42-16-3-4-18-44(42)46-28-35(19-20-45(43)46)33-11-5-9-31(23-33)32-10-6-12-34(24-32)38-25-39(36-13-7-21-47-29-36)27-40(26-38)37-14-8-22-48-30-37;1-2-17-42-40(15-1)41-16-3-4-18-43(41)45-29-35(20-21-44(42)45)33-12-7-10-31(24-33)32-11-8-13-34(25-32)37-26-38(36-14-9-22-47-30-36)28-39(27-37)46-19-5-6-23-48-46/h2*1-30H. The largest absolute Gasteiger partial charge is 0.264 e. The van der Waals surface area contributed by atoms with Gasteiger partial charge in [-0.2, -0.15) is 0 Å². The van der Waals surface area contributed by atoms with Crippen molar-refractivity contribution in [2.45, 2.75) is 0 Å². The lowest BCUT2D eigenvalue weighted by atomic mass is 9.91. The fourth-order valence-corrected chi connectivity index (χ4v) is 14.1. The molecule has 14 aromatic carbocycles. The molecule has 0 aliphatic heterocycles. The van der Waals surface area contributed by atoms with E-state index in [4.69, 9.17) is 0 Å². The van der Waals surface area contributed by atoms with Crippen molar-refractivity contribution in [3.63, 3.8) is 0 Å². The van der Waals surface area contributed by atoms with Crippen LogP contribution >= 0.6 is 0 Å². The number of hydrogen-bond donors (Lipinski definition) is 0. The van der Waals surface area contributed by atoms with Crippen molar-refractivity contribution >= 4 is 64.6 Å². The molecule has 0 saturated heterocycles. The molecular weight excluding hydrogens is 1160 g/mol. The Balaban J connectivity index is 0.000000145. The molecule has 4 nitrogen and oxygen atoms in total. The first-order chi connectivity index (χ1) is 47.6. The summed E-state index contributed by atoms with van der Waals surface area (Å²) in [7, 11) is 0. The van der Waals surface area contributed by atoms with Gasteiger partial charge in [0.1, 0.15) is 0 Å². The minimum absolute atomic E-state index is 0.949. The molecule has 4 heteroatoms. The highest BCUT2D eigenvalue weighted by Crippen LogP contribution is 2.42. The van der Waals surface area contributed by atoms with E-state index in [1.54, 1.807) is 0 Å². The van der Waals surface area contributed by atoms with Gasteiger partial charge in [-0.05, 0) is 251 Å². The van der Waals surface area contributed by atoms with Crippen molar-refractivity contribution in [1.82, 2.24) is 19.9 Å². The zero-order valence-electron chi connectivity index (χ0n) is 52.4. The van der Waals surface area contributed by atoms with Crippen LogP contribution in [0.15, 0.2) is 365 Å². The monoisotopic (exact) mass is 1220 g/mol. The smallest absolute Gasteiger partial charge is 0.0702 e. The number of aromatic nitrogens is 4. The molecule has 18 aromatic rings. The molecule has 4 heterocycles. The van der Waals surface area contributed by atoms with Gasteiger partial charge in [-0.3, -0.25) is 19.9 Å². The van der Waals surface area contributed by atoms with Gasteiger partial charge in [-0.1, -0.05) is 218 Å². The van der Waals surface area contributed by atoms with Gasteiger partial charge in [-0.25, -0.2) is 0 Å². The Hall–Kier alpha value is -12.8. The first kappa shape index (κ1) is 57.2. The van der Waals surface area contributed by atoms with Crippen LogP contribution in [0.2, 0.25) is 0 Å². The van der Waals surface area contributed by atoms with Gasteiger partial charge in [-0.15, -0.1) is 0 Å². The van der Waals surface area contributed by atoms with Crippen molar-refractivity contribution in [3.05, 3.63) is 365 Å². The molecule has 4 aromatic heterocycles. The van der Waals surface area contributed by atoms with E-state index >= 15 is 0 Å². The predicted octanol–water partition coefficient (Wildman–Crippen LogP) is 24.5. The summed E-state index contributed by atoms with van der Waals surface area (Å²) in [6.45, 7) is 0. The second-order valence-electron chi connectivity index (χ2n) is 24.6. The van der Waals surface area contributed by atoms with Crippen LogP contribution in [0.25, 0.3) is 176 Å². The van der Waals surface area contributed by atoms with Gasteiger partial charge >= 0.3 is 0 Å². The van der Waals surface area contributed by atoms with Crippen LogP contribution in [0.1, 0.15) is 0 Å². The number of nitrogens with zero attached hydrogens (tertiary/aromatic N) is 4. The molecule has 96 heavy (non-hydrogen) atoms. The van der Waals surface area contributed by atoms with E-state index in [1.807, 2.05) is 73.7 Å². The molecule has 0 radical (unpaired) electrons. The minimum atomic E-state index is 0.949. The summed E-state index contributed by atoms with van der Waals surface area (Å²) in [4.78, 5) is 17.8. The summed E-state index contributed by atoms with van der Waals surface area (Å²) < 4.78 is 0. The molecule has 0 fully saturated rings. The SMILES string of the molecule is c1ccc(-c2cc(-c3cccnc3)cc(-c3cccc(-c4cccc(-c5ccc6c7ccccc7c7ccccc7c6c5)c4)c3)c2)nc1.c1cncc(-c2cc(-c3cccnc3)cc(-c3cccc(-c4cccc(-c5ccc6c7ccccc7c7ccccc7c6c5)c4)c3)c2)c1. The summed E-state index contributed by atoms with van der Waals surface area (Å²) in [5.74, 6) is 0. The van der Waals surface area contributed by atoms with Gasteiger partial charge < -0.3 is 0 Å². The molecule has 18 rings (SSSR count). The molecule has 0 aliphatic carbocycles. The van der Waals surface area contributed by atoms with Crippen LogP contribution in [0, 0.1) is 0 Å². The van der Waals surface area contributed by atoms with Crippen molar-refractivity contribution in [3.8, 4) is 111 Å². The zero-order valence-corrected chi connectivity index (χ0v) is 52.4. The highest BCUT2D eigenvalue weighted by Gasteiger charge is 2.16. The fourth-order valence-electron chi connectivity index (χ4n) is 14.1. The third-order valence-corrected chi connectivity index (χ3v) is 18.8. The van der Waals surface area contributed by atoms with E-state index in [1.165, 1.54) is 109 Å². The van der Waals surface area contributed by atoms with E-state index in [0.717, 1.165) is 66.9 Å². The summed E-state index contributed by atoms with van der Waals surface area (Å²) in [6.07, 6.45) is 13.1. The Labute approximate surface area is 557 Å². The molecule has 0 aliphatic rings. The zero-order chi connectivity index (χ0) is 63.7. The number of benzene rings is 14. The van der Waals surface area contributed by atoms with Gasteiger partial charge in [0.25, 0.3) is 0 Å². The Bertz CT molecular complexity index is 5390. The van der Waals surface area contributed by atoms with E-state index < -0.39 is 0 Å². The molecule has 0 bridgehead atoms. The van der Waals surface area contributed by atoms with Gasteiger partial charge in [0.05, 0.1) is 5.69 Å². The molecule has 0 N–H and O–H groups in total. The minimum Gasteiger partial charge on any atom is -0.264 e. The Morgan fingerprint density at radius 1 is 0.135 bits per heavy atom. The van der Waals surface area contributed by atoms with Crippen LogP contribution in [0.4, 0.5) is 0 Å². The lowest BCUT2D eigenvalue weighted by molar-refractivity contribution is 1.32. The number of rotatable bonds is 10. The Morgan fingerprint density at radius 3 is 0.667 bits per heavy atom. The average molecular weight is 1220 g/mol. The van der Waals surface area contributed by atoms with Gasteiger partial charge in [0.15, 0.2) is 0 Å². The molecule has 0 unspecified atom stereocenters.